The minimum Gasteiger partial charge on any atom is -0.302 e. The molecule has 1 rings (SSSR count). The average molecular weight is 228 g/mol. The number of sulfonamides is 1. The zero-order valence-corrected chi connectivity index (χ0v) is 8.86. The molecule has 1 aliphatic rings. The highest BCUT2D eigenvalue weighted by molar-refractivity contribution is 8.06. The van der Waals surface area contributed by atoms with Crippen molar-refractivity contribution in [3.05, 3.63) is 0 Å². The molecule has 78 valence electrons. The zero-order valence-electron chi connectivity index (χ0n) is 7.23. The van der Waals surface area contributed by atoms with Gasteiger partial charge in [0.05, 0.1) is 6.67 Å². The summed E-state index contributed by atoms with van der Waals surface area (Å²) in [6, 6.07) is 0. The number of rotatable bonds is 3. The summed E-state index contributed by atoms with van der Waals surface area (Å²) in [6.45, 7) is 1.12. The summed E-state index contributed by atoms with van der Waals surface area (Å²) in [7, 11) is -7.11. The van der Waals surface area contributed by atoms with Crippen LogP contribution in [-0.2, 0) is 19.9 Å². The Morgan fingerprint density at radius 3 is 2.31 bits per heavy atom. The van der Waals surface area contributed by atoms with E-state index in [-0.39, 0.29) is 6.67 Å². The van der Waals surface area contributed by atoms with Crippen LogP contribution in [0.5, 0.6) is 0 Å². The van der Waals surface area contributed by atoms with Gasteiger partial charge in [0.2, 0.25) is 10.0 Å². The van der Waals surface area contributed by atoms with Gasteiger partial charge in [-0.2, -0.15) is 4.31 Å². The fourth-order valence-electron chi connectivity index (χ4n) is 1.07. The molecule has 1 N–H and O–H groups in total. The van der Waals surface area contributed by atoms with Gasteiger partial charge in [0.25, 0.3) is 0 Å². The van der Waals surface area contributed by atoms with E-state index in [1.54, 1.807) is 0 Å². The van der Waals surface area contributed by atoms with E-state index in [2.05, 4.69) is 5.32 Å². The van der Waals surface area contributed by atoms with E-state index in [4.69, 9.17) is 0 Å². The van der Waals surface area contributed by atoms with Gasteiger partial charge in [0.15, 0.2) is 14.9 Å². The van der Waals surface area contributed by atoms with Gasteiger partial charge in [0, 0.05) is 19.3 Å². The Morgan fingerprint density at radius 2 is 1.92 bits per heavy atom. The second-order valence-corrected chi connectivity index (χ2v) is 7.46. The maximum atomic E-state index is 11.4. The Morgan fingerprint density at radius 1 is 1.31 bits per heavy atom. The van der Waals surface area contributed by atoms with Gasteiger partial charge < -0.3 is 5.32 Å². The monoisotopic (exact) mass is 228 g/mol. The highest BCUT2D eigenvalue weighted by atomic mass is 32.3. The topological polar surface area (TPSA) is 83.5 Å². The summed E-state index contributed by atoms with van der Waals surface area (Å²) in [5.41, 5.74) is 0. The van der Waals surface area contributed by atoms with Crippen LogP contribution in [0.2, 0.25) is 0 Å². The highest BCUT2D eigenvalue weighted by Gasteiger charge is 2.28. The number of hydrogen-bond donors (Lipinski definition) is 1. The summed E-state index contributed by atoms with van der Waals surface area (Å²) in [6.07, 6.45) is 0.911. The van der Waals surface area contributed by atoms with E-state index >= 15 is 0 Å². The van der Waals surface area contributed by atoms with Crippen molar-refractivity contribution in [1.29, 1.82) is 0 Å². The molecule has 0 aromatic heterocycles. The number of sulfone groups is 1. The maximum Gasteiger partial charge on any atom is 0.229 e. The lowest BCUT2D eigenvalue weighted by molar-refractivity contribution is 0.477. The molecule has 0 atom stereocenters. The zero-order chi connectivity index (χ0) is 10.1. The molecular weight excluding hydrogens is 216 g/mol. The van der Waals surface area contributed by atoms with E-state index in [1.807, 2.05) is 0 Å². The molecule has 0 aromatic carbocycles. The minimum atomic E-state index is -3.63. The molecule has 0 aromatic rings. The average Bonchev–Trinajstić information content (AvgIpc) is 2.29. The van der Waals surface area contributed by atoms with E-state index in [0.717, 1.165) is 10.6 Å². The fraction of sp³-hybridized carbons (Fsp3) is 1.00. The summed E-state index contributed by atoms with van der Waals surface area (Å²) in [5, 5.41) is 2.01. The molecule has 8 heteroatoms. The van der Waals surface area contributed by atoms with Crippen molar-refractivity contribution in [3.8, 4) is 0 Å². The summed E-state index contributed by atoms with van der Waals surface area (Å²) < 4.78 is 45.4. The van der Waals surface area contributed by atoms with Gasteiger partial charge in [0.1, 0.15) is 0 Å². The SMILES string of the molecule is CS(=O)(=O)CS(=O)(=O)N1CCNC1. The molecule has 0 spiro atoms. The van der Waals surface area contributed by atoms with Crippen molar-refractivity contribution >= 4 is 19.9 Å². The normalized spacial score (nSPS) is 20.7. The summed E-state index contributed by atoms with van der Waals surface area (Å²) in [5.74, 6) is 0. The fourth-order valence-corrected chi connectivity index (χ4v) is 4.49. The first kappa shape index (κ1) is 10.9. The molecule has 0 aliphatic carbocycles. The lowest BCUT2D eigenvalue weighted by Crippen LogP contribution is -2.34. The molecule has 6 nitrogen and oxygen atoms in total. The van der Waals surface area contributed by atoms with Crippen LogP contribution >= 0.6 is 0 Å². The highest BCUT2D eigenvalue weighted by Crippen LogP contribution is 2.05. The lowest BCUT2D eigenvalue weighted by atomic mass is 10.7. The largest absolute Gasteiger partial charge is 0.302 e. The maximum absolute atomic E-state index is 11.4. The molecule has 1 fully saturated rings. The number of hydrogen-bond acceptors (Lipinski definition) is 5. The molecule has 1 aliphatic heterocycles. The van der Waals surface area contributed by atoms with Gasteiger partial charge >= 0.3 is 0 Å². The predicted octanol–water partition coefficient (Wildman–Crippen LogP) is -1.82. The molecule has 13 heavy (non-hydrogen) atoms. The number of nitrogens with zero attached hydrogens (tertiary/aromatic N) is 1. The standard InChI is InChI=1S/C5H12N2O4S2/c1-12(8,9)5-13(10,11)7-3-2-6-4-7/h6H,2-5H2,1H3. The smallest absolute Gasteiger partial charge is 0.229 e. The van der Waals surface area contributed by atoms with E-state index in [9.17, 15) is 16.8 Å². The van der Waals surface area contributed by atoms with Crippen LogP contribution in [0.1, 0.15) is 0 Å². The first-order chi connectivity index (χ1) is 5.81. The van der Waals surface area contributed by atoms with E-state index in [1.165, 1.54) is 0 Å². The quantitative estimate of drug-likeness (QED) is 0.615. The van der Waals surface area contributed by atoms with Crippen LogP contribution < -0.4 is 5.32 Å². The molecule has 0 amide bonds. The van der Waals surface area contributed by atoms with E-state index in [0.29, 0.717) is 13.1 Å². The van der Waals surface area contributed by atoms with Gasteiger partial charge in [-0.25, -0.2) is 16.8 Å². The van der Waals surface area contributed by atoms with E-state index < -0.39 is 24.9 Å². The first-order valence-corrected chi connectivity index (χ1v) is 7.34. The Labute approximate surface area is 77.9 Å². The van der Waals surface area contributed by atoms with Crippen molar-refractivity contribution in [1.82, 2.24) is 9.62 Å². The molecule has 1 heterocycles. The van der Waals surface area contributed by atoms with Gasteiger partial charge in [-0.3, -0.25) is 0 Å². The third-order valence-electron chi connectivity index (χ3n) is 1.58. The van der Waals surface area contributed by atoms with Crippen LogP contribution in [-0.4, -0.2) is 52.2 Å². The Bertz CT molecular complexity index is 365. The summed E-state index contributed by atoms with van der Waals surface area (Å²) >= 11 is 0. The molecule has 0 saturated carbocycles. The van der Waals surface area contributed by atoms with Crippen LogP contribution in [0.15, 0.2) is 0 Å². The van der Waals surface area contributed by atoms with Crippen LogP contribution in [0.25, 0.3) is 0 Å². The minimum absolute atomic E-state index is 0.206. The summed E-state index contributed by atoms with van der Waals surface area (Å²) in [4.78, 5) is 0. The molecule has 1 saturated heterocycles. The van der Waals surface area contributed by atoms with Crippen LogP contribution in [0, 0.1) is 0 Å². The van der Waals surface area contributed by atoms with Crippen LogP contribution in [0.3, 0.4) is 0 Å². The molecular formula is C5H12N2O4S2. The van der Waals surface area contributed by atoms with Crippen LogP contribution in [0.4, 0.5) is 0 Å². The molecule has 0 unspecified atom stereocenters. The van der Waals surface area contributed by atoms with Crippen molar-refractivity contribution in [2.24, 2.45) is 0 Å². The van der Waals surface area contributed by atoms with Gasteiger partial charge in [-0.15, -0.1) is 0 Å². The van der Waals surface area contributed by atoms with Gasteiger partial charge in [-0.1, -0.05) is 0 Å². The lowest BCUT2D eigenvalue weighted by Gasteiger charge is -2.13. The molecule has 0 radical (unpaired) electrons. The second kappa shape index (κ2) is 3.52. The van der Waals surface area contributed by atoms with Crippen molar-refractivity contribution in [2.45, 2.75) is 0 Å². The second-order valence-electron chi connectivity index (χ2n) is 2.99. The number of nitrogens with one attached hydrogen (secondary N) is 1. The predicted molar refractivity (Wildman–Crippen MR) is 48.2 cm³/mol. The Kier molecular flexibility index (Phi) is 2.95. The van der Waals surface area contributed by atoms with Crippen molar-refractivity contribution in [3.63, 3.8) is 0 Å². The molecule has 0 bridgehead atoms. The van der Waals surface area contributed by atoms with Crippen molar-refractivity contribution < 1.29 is 16.8 Å². The Hall–Kier alpha value is -0.180. The Balaban J connectivity index is 2.77. The first-order valence-electron chi connectivity index (χ1n) is 3.67. The van der Waals surface area contributed by atoms with Crippen molar-refractivity contribution in [2.75, 3.05) is 31.1 Å². The third-order valence-corrected chi connectivity index (χ3v) is 5.59. The van der Waals surface area contributed by atoms with Gasteiger partial charge in [-0.05, 0) is 0 Å². The third kappa shape index (κ3) is 3.22.